The van der Waals surface area contributed by atoms with E-state index in [1.54, 1.807) is 42.7 Å². The summed E-state index contributed by atoms with van der Waals surface area (Å²) in [6.45, 7) is 5.45. The van der Waals surface area contributed by atoms with Crippen LogP contribution in [0.4, 0.5) is 0 Å². The molecule has 278 valence electrons. The minimum absolute atomic E-state index is 0.0985. The van der Waals surface area contributed by atoms with E-state index in [1.807, 2.05) is 48.5 Å². The molecule has 0 amide bonds. The maximum atomic E-state index is 6.41. The Morgan fingerprint density at radius 3 is 1.08 bits per heavy atom. The van der Waals surface area contributed by atoms with Crippen LogP contribution in [0.2, 0.25) is 0 Å². The number of hydrogen-bond acceptors (Lipinski definition) is 12. The van der Waals surface area contributed by atoms with Crippen molar-refractivity contribution in [2.45, 2.75) is 38.5 Å². The standard InChI is InChI=1S/C40H46O12/c1-23(25-13-35(41-3)39(45-7)36(14-25)42-4)27-17-31-33(51-21-49-31)19-29(27)47-11-9-10-12-48-30-20-34-32(50-22-52-34)18-28(30)24(2)26-15-37(43-5)40(46-8)38(16-26)44-6/h13-20,23-24H,9-12,21-22H2,1-8H3/t23-,24+. The zero-order valence-corrected chi connectivity index (χ0v) is 30.9. The van der Waals surface area contributed by atoms with Crippen molar-refractivity contribution in [2.75, 3.05) is 69.5 Å². The zero-order chi connectivity index (χ0) is 36.8. The Bertz CT molecular complexity index is 1690. The summed E-state index contributed by atoms with van der Waals surface area (Å²) in [6.07, 6.45) is 1.49. The van der Waals surface area contributed by atoms with E-state index in [0.717, 1.165) is 35.1 Å². The van der Waals surface area contributed by atoms with Gasteiger partial charge in [-0.05, 0) is 60.4 Å². The lowest BCUT2D eigenvalue weighted by Gasteiger charge is -2.21. The molecule has 0 spiro atoms. The number of rotatable bonds is 17. The number of unbranched alkanes of at least 4 members (excludes halogenated alkanes) is 1. The van der Waals surface area contributed by atoms with Gasteiger partial charge in [-0.25, -0.2) is 0 Å². The average molecular weight is 719 g/mol. The van der Waals surface area contributed by atoms with E-state index in [0.29, 0.717) is 82.2 Å². The molecule has 4 aromatic carbocycles. The molecule has 0 N–H and O–H groups in total. The van der Waals surface area contributed by atoms with Gasteiger partial charge in [0.05, 0.1) is 55.9 Å². The van der Waals surface area contributed by atoms with E-state index in [-0.39, 0.29) is 25.4 Å². The van der Waals surface area contributed by atoms with Crippen LogP contribution in [0.3, 0.4) is 0 Å². The first-order valence-electron chi connectivity index (χ1n) is 17.1. The van der Waals surface area contributed by atoms with Gasteiger partial charge in [-0.2, -0.15) is 0 Å². The lowest BCUT2D eigenvalue weighted by Crippen LogP contribution is -2.08. The number of ether oxygens (including phenoxy) is 12. The minimum Gasteiger partial charge on any atom is -0.493 e. The number of fused-ring (bicyclic) bond motifs is 2. The summed E-state index contributed by atoms with van der Waals surface area (Å²) in [4.78, 5) is 0. The quantitative estimate of drug-likeness (QED) is 0.0997. The molecule has 12 nitrogen and oxygen atoms in total. The Kier molecular flexibility index (Phi) is 11.3. The fourth-order valence-corrected chi connectivity index (χ4v) is 6.44. The van der Waals surface area contributed by atoms with Crippen LogP contribution >= 0.6 is 0 Å². The molecule has 0 unspecified atom stereocenters. The van der Waals surface area contributed by atoms with Crippen LogP contribution in [0, 0.1) is 0 Å². The summed E-state index contributed by atoms with van der Waals surface area (Å²) in [5.41, 5.74) is 3.82. The van der Waals surface area contributed by atoms with E-state index >= 15 is 0 Å². The molecule has 2 aliphatic rings. The molecule has 0 aromatic heterocycles. The SMILES string of the molecule is COc1cc([C@@H](C)c2cc3c(cc2OCCCCOc2cc4c(cc2[C@@H](C)c2cc(OC)c(OC)c(OC)c2)OCO4)OCO3)cc(OC)c1OC. The largest absolute Gasteiger partial charge is 0.493 e. The Morgan fingerprint density at radius 2 is 0.769 bits per heavy atom. The monoisotopic (exact) mass is 718 g/mol. The number of methoxy groups -OCH3 is 6. The molecular formula is C40H46O12. The molecule has 12 heteroatoms. The summed E-state index contributed by atoms with van der Waals surface area (Å²) in [5, 5.41) is 0. The number of benzene rings is 4. The predicted molar refractivity (Wildman–Crippen MR) is 193 cm³/mol. The third kappa shape index (κ3) is 7.28. The molecule has 6 rings (SSSR count). The van der Waals surface area contributed by atoms with Gasteiger partial charge in [0.25, 0.3) is 0 Å². The first-order valence-corrected chi connectivity index (χ1v) is 17.1. The van der Waals surface area contributed by atoms with Gasteiger partial charge in [0.15, 0.2) is 46.0 Å². The fourth-order valence-electron chi connectivity index (χ4n) is 6.44. The first kappa shape index (κ1) is 36.3. The Hall–Kier alpha value is -5.52. The van der Waals surface area contributed by atoms with Crippen molar-refractivity contribution >= 4 is 0 Å². The second-order valence-electron chi connectivity index (χ2n) is 12.3. The highest BCUT2D eigenvalue weighted by Crippen LogP contribution is 2.48. The molecule has 4 aromatic rings. The normalized spacial score (nSPS) is 13.6. The highest BCUT2D eigenvalue weighted by atomic mass is 16.7. The number of hydrogen-bond donors (Lipinski definition) is 0. The van der Waals surface area contributed by atoms with Gasteiger partial charge in [-0.3, -0.25) is 0 Å². The van der Waals surface area contributed by atoms with Crippen molar-refractivity contribution in [3.8, 4) is 69.0 Å². The Balaban J connectivity index is 1.15. The molecule has 2 atom stereocenters. The highest BCUT2D eigenvalue weighted by molar-refractivity contribution is 5.60. The van der Waals surface area contributed by atoms with Gasteiger partial charge in [0, 0.05) is 35.1 Å². The molecule has 0 saturated heterocycles. The van der Waals surface area contributed by atoms with Crippen molar-refractivity contribution in [3.05, 3.63) is 70.8 Å². The van der Waals surface area contributed by atoms with Crippen molar-refractivity contribution in [1.29, 1.82) is 0 Å². The lowest BCUT2D eigenvalue weighted by atomic mass is 9.91. The van der Waals surface area contributed by atoms with Crippen molar-refractivity contribution < 1.29 is 56.8 Å². The summed E-state index contributed by atoms with van der Waals surface area (Å²) in [7, 11) is 9.60. The molecular weight excluding hydrogens is 672 g/mol. The second kappa shape index (κ2) is 16.2. The van der Waals surface area contributed by atoms with E-state index in [2.05, 4.69) is 13.8 Å². The highest BCUT2D eigenvalue weighted by Gasteiger charge is 2.26. The molecule has 0 radical (unpaired) electrons. The maximum absolute atomic E-state index is 6.41. The Morgan fingerprint density at radius 1 is 0.442 bits per heavy atom. The lowest BCUT2D eigenvalue weighted by molar-refractivity contribution is 0.173. The molecule has 0 aliphatic carbocycles. The van der Waals surface area contributed by atoms with Crippen LogP contribution in [0.5, 0.6) is 69.0 Å². The smallest absolute Gasteiger partial charge is 0.231 e. The van der Waals surface area contributed by atoms with Crippen LogP contribution in [0.25, 0.3) is 0 Å². The van der Waals surface area contributed by atoms with Crippen LogP contribution in [0.15, 0.2) is 48.5 Å². The van der Waals surface area contributed by atoms with Gasteiger partial charge < -0.3 is 56.8 Å². The van der Waals surface area contributed by atoms with E-state index in [9.17, 15) is 0 Å². The molecule has 0 fully saturated rings. The molecule has 2 aliphatic heterocycles. The summed E-state index contributed by atoms with van der Waals surface area (Å²) in [5.74, 6) is 7.26. The minimum atomic E-state index is -0.0985. The average Bonchev–Trinajstić information content (AvgIpc) is 3.85. The first-order chi connectivity index (χ1) is 25.3. The predicted octanol–water partition coefficient (Wildman–Crippen LogP) is 7.74. The summed E-state index contributed by atoms with van der Waals surface area (Å²) < 4.78 is 69.2. The maximum Gasteiger partial charge on any atom is 0.231 e. The third-order valence-electron chi connectivity index (χ3n) is 9.37. The van der Waals surface area contributed by atoms with Gasteiger partial charge in [0.1, 0.15) is 11.5 Å². The van der Waals surface area contributed by atoms with Gasteiger partial charge in [-0.1, -0.05) is 13.8 Å². The van der Waals surface area contributed by atoms with E-state index in [4.69, 9.17) is 56.8 Å². The van der Waals surface area contributed by atoms with Gasteiger partial charge >= 0.3 is 0 Å². The fraction of sp³-hybridized carbons (Fsp3) is 0.400. The van der Waals surface area contributed by atoms with E-state index in [1.165, 1.54) is 0 Å². The van der Waals surface area contributed by atoms with Crippen molar-refractivity contribution in [1.82, 2.24) is 0 Å². The van der Waals surface area contributed by atoms with Gasteiger partial charge in [-0.15, -0.1) is 0 Å². The van der Waals surface area contributed by atoms with Gasteiger partial charge in [0.2, 0.25) is 25.1 Å². The zero-order valence-electron chi connectivity index (χ0n) is 30.9. The second-order valence-corrected chi connectivity index (χ2v) is 12.3. The van der Waals surface area contributed by atoms with Crippen molar-refractivity contribution in [3.63, 3.8) is 0 Å². The van der Waals surface area contributed by atoms with E-state index < -0.39 is 0 Å². The molecule has 2 heterocycles. The summed E-state index contributed by atoms with van der Waals surface area (Å²) in [6, 6.07) is 15.5. The van der Waals surface area contributed by atoms with Crippen LogP contribution in [-0.4, -0.2) is 69.5 Å². The third-order valence-corrected chi connectivity index (χ3v) is 9.37. The topological polar surface area (TPSA) is 111 Å². The molecule has 52 heavy (non-hydrogen) atoms. The Labute approximate surface area is 304 Å². The molecule has 0 saturated carbocycles. The van der Waals surface area contributed by atoms with Crippen LogP contribution < -0.4 is 56.8 Å². The van der Waals surface area contributed by atoms with Crippen LogP contribution in [0.1, 0.15) is 60.8 Å². The van der Waals surface area contributed by atoms with Crippen molar-refractivity contribution in [2.24, 2.45) is 0 Å². The van der Waals surface area contributed by atoms with Crippen LogP contribution in [-0.2, 0) is 0 Å². The molecule has 0 bridgehead atoms. The summed E-state index contributed by atoms with van der Waals surface area (Å²) >= 11 is 0.